The van der Waals surface area contributed by atoms with Gasteiger partial charge in [0.05, 0.1) is 5.75 Å². The first-order valence-electron chi connectivity index (χ1n) is 8.98. The number of amides is 1. The molecule has 27 heavy (non-hydrogen) atoms. The van der Waals surface area contributed by atoms with E-state index in [-0.39, 0.29) is 35.7 Å². The van der Waals surface area contributed by atoms with Crippen LogP contribution in [0.2, 0.25) is 0 Å². The van der Waals surface area contributed by atoms with Crippen molar-refractivity contribution in [3.8, 4) is 0 Å². The van der Waals surface area contributed by atoms with E-state index in [1.807, 2.05) is 6.07 Å². The summed E-state index contributed by atoms with van der Waals surface area (Å²) in [6.45, 7) is 2.12. The molecular formula is C18H28ClN3O4S. The van der Waals surface area contributed by atoms with Gasteiger partial charge in [0.2, 0.25) is 0 Å². The van der Waals surface area contributed by atoms with Gasteiger partial charge >= 0.3 is 0 Å². The van der Waals surface area contributed by atoms with E-state index < -0.39 is 21.3 Å². The molecule has 1 aromatic heterocycles. The number of ether oxygens (including phenoxy) is 1. The minimum Gasteiger partial charge on any atom is -0.373 e. The molecule has 0 aromatic carbocycles. The minimum absolute atomic E-state index is 0. The molecule has 1 saturated carbocycles. The Morgan fingerprint density at radius 2 is 2.00 bits per heavy atom. The van der Waals surface area contributed by atoms with Crippen LogP contribution < -0.4 is 5.73 Å². The van der Waals surface area contributed by atoms with E-state index in [2.05, 4.69) is 9.88 Å². The Labute approximate surface area is 167 Å². The smallest absolute Gasteiger partial charge is 0.267 e. The van der Waals surface area contributed by atoms with E-state index in [1.165, 1.54) is 6.26 Å². The second kappa shape index (κ2) is 8.43. The molecule has 1 amide bonds. The van der Waals surface area contributed by atoms with E-state index in [4.69, 9.17) is 10.5 Å². The number of carbonyl (C=O) groups excluding carboxylic acids is 1. The third-order valence-electron chi connectivity index (χ3n) is 5.85. The molecule has 2 fully saturated rings. The Morgan fingerprint density at radius 3 is 2.52 bits per heavy atom. The zero-order chi connectivity index (χ0) is 18.9. The van der Waals surface area contributed by atoms with Gasteiger partial charge in [-0.2, -0.15) is 0 Å². The minimum atomic E-state index is -2.98. The van der Waals surface area contributed by atoms with E-state index in [0.29, 0.717) is 6.54 Å². The van der Waals surface area contributed by atoms with Gasteiger partial charge in [-0.3, -0.25) is 9.78 Å². The van der Waals surface area contributed by atoms with E-state index >= 15 is 0 Å². The van der Waals surface area contributed by atoms with E-state index in [9.17, 15) is 13.2 Å². The van der Waals surface area contributed by atoms with Crippen molar-refractivity contribution in [2.75, 3.05) is 38.8 Å². The second-order valence-corrected chi connectivity index (χ2v) is 9.77. The van der Waals surface area contributed by atoms with Crippen LogP contribution in [0.15, 0.2) is 18.3 Å². The SMILES string of the molecule is COC1(c2ccnc(C(N)=O)c2)[C@@H]2CCC[C@H]1CN(CCS(C)(=O)=O)C2.Cl. The van der Waals surface area contributed by atoms with Crippen LogP contribution in [0.25, 0.3) is 0 Å². The van der Waals surface area contributed by atoms with Gasteiger partial charge in [-0.1, -0.05) is 6.42 Å². The lowest BCUT2D eigenvalue weighted by Gasteiger charge is -2.55. The quantitative estimate of drug-likeness (QED) is 0.746. The summed E-state index contributed by atoms with van der Waals surface area (Å²) in [5.41, 5.74) is 6.12. The zero-order valence-electron chi connectivity index (χ0n) is 15.8. The molecule has 2 aliphatic rings. The lowest BCUT2D eigenvalue weighted by molar-refractivity contribution is -0.168. The van der Waals surface area contributed by atoms with E-state index in [0.717, 1.165) is 37.9 Å². The van der Waals surface area contributed by atoms with Crippen molar-refractivity contribution in [2.24, 2.45) is 17.6 Å². The average molecular weight is 418 g/mol. The number of primary amides is 1. The van der Waals surface area contributed by atoms with Crippen LogP contribution in [0.4, 0.5) is 0 Å². The van der Waals surface area contributed by atoms with Crippen LogP contribution in [0.3, 0.4) is 0 Å². The average Bonchev–Trinajstić information content (AvgIpc) is 2.58. The summed E-state index contributed by atoms with van der Waals surface area (Å²) in [7, 11) is -1.26. The van der Waals surface area contributed by atoms with Gasteiger partial charge in [0.15, 0.2) is 0 Å². The van der Waals surface area contributed by atoms with Gasteiger partial charge in [-0.25, -0.2) is 8.42 Å². The summed E-state index contributed by atoms with van der Waals surface area (Å²) in [6, 6.07) is 3.66. The lowest BCUT2D eigenvalue weighted by Crippen LogP contribution is -2.59. The third kappa shape index (κ3) is 4.45. The Balaban J connectivity index is 0.00000261. The first-order chi connectivity index (χ1) is 12.3. The number of hydrogen-bond donors (Lipinski definition) is 1. The number of rotatable bonds is 6. The number of nitrogens with two attached hydrogens (primary N) is 1. The van der Waals surface area contributed by atoms with Crippen molar-refractivity contribution in [3.05, 3.63) is 29.6 Å². The van der Waals surface area contributed by atoms with Crippen LogP contribution in [-0.2, 0) is 20.2 Å². The summed E-state index contributed by atoms with van der Waals surface area (Å²) in [5, 5.41) is 0. The molecule has 2 bridgehead atoms. The third-order valence-corrected chi connectivity index (χ3v) is 6.78. The Hall–Kier alpha value is -1.22. The summed E-state index contributed by atoms with van der Waals surface area (Å²) in [4.78, 5) is 17.9. The molecule has 9 heteroatoms. The molecule has 1 aliphatic carbocycles. The molecule has 152 valence electrons. The fraction of sp³-hybridized carbons (Fsp3) is 0.667. The number of fused-ring (bicyclic) bond motifs is 2. The van der Waals surface area contributed by atoms with Gasteiger partial charge in [0.25, 0.3) is 5.91 Å². The molecule has 3 atom stereocenters. The number of methoxy groups -OCH3 is 1. The molecule has 3 rings (SSSR count). The predicted octanol–water partition coefficient (Wildman–Crippen LogP) is 1.22. The van der Waals surface area contributed by atoms with Crippen molar-refractivity contribution in [3.63, 3.8) is 0 Å². The molecule has 2 heterocycles. The largest absolute Gasteiger partial charge is 0.373 e. The Bertz CT molecular complexity index is 773. The van der Waals surface area contributed by atoms with Gasteiger partial charge in [-0.05, 0) is 30.5 Å². The topological polar surface area (TPSA) is 103 Å². The first kappa shape index (κ1) is 22.1. The molecule has 1 aliphatic heterocycles. The Morgan fingerprint density at radius 1 is 1.37 bits per heavy atom. The van der Waals surface area contributed by atoms with Crippen LogP contribution >= 0.6 is 12.4 Å². The predicted molar refractivity (Wildman–Crippen MR) is 106 cm³/mol. The normalized spacial score (nSPS) is 28.4. The summed E-state index contributed by atoms with van der Waals surface area (Å²) in [6.07, 6.45) is 6.04. The van der Waals surface area contributed by atoms with Crippen LogP contribution in [-0.4, -0.2) is 63.0 Å². The number of nitrogens with zero attached hydrogens (tertiary/aromatic N) is 2. The number of pyridine rings is 1. The highest BCUT2D eigenvalue weighted by molar-refractivity contribution is 7.90. The highest BCUT2D eigenvalue weighted by Gasteiger charge is 2.53. The maximum Gasteiger partial charge on any atom is 0.267 e. The number of aromatic nitrogens is 1. The number of likely N-dealkylation sites (tertiary alicyclic amines) is 1. The number of hydrogen-bond acceptors (Lipinski definition) is 6. The monoisotopic (exact) mass is 417 g/mol. The van der Waals surface area contributed by atoms with Gasteiger partial charge in [0, 0.05) is 51.0 Å². The molecular weight excluding hydrogens is 390 g/mol. The Kier molecular flexibility index (Phi) is 6.89. The van der Waals surface area contributed by atoms with Crippen LogP contribution in [0.5, 0.6) is 0 Å². The molecule has 0 spiro atoms. The van der Waals surface area contributed by atoms with Crippen molar-refractivity contribution in [1.82, 2.24) is 9.88 Å². The van der Waals surface area contributed by atoms with Crippen molar-refractivity contribution in [1.29, 1.82) is 0 Å². The second-order valence-electron chi connectivity index (χ2n) is 7.51. The number of carbonyl (C=O) groups is 1. The van der Waals surface area contributed by atoms with Crippen molar-refractivity contribution >= 4 is 28.2 Å². The highest BCUT2D eigenvalue weighted by Crippen LogP contribution is 2.51. The fourth-order valence-electron chi connectivity index (χ4n) is 4.73. The molecule has 1 saturated heterocycles. The summed E-state index contributed by atoms with van der Waals surface area (Å²) >= 11 is 0. The standard InChI is InChI=1S/C18H27N3O4S.ClH/c1-25-18(13-6-7-20-16(10-13)17(19)22)14-4-3-5-15(18)12-21(11-14)8-9-26(2,23)24;/h6-7,10,14-15H,3-5,8-9,11-12H2,1-2H3,(H2,19,22);1H/t14-,15+,18?;. The van der Waals surface area contributed by atoms with Crippen molar-refractivity contribution in [2.45, 2.75) is 24.9 Å². The van der Waals surface area contributed by atoms with Crippen LogP contribution in [0.1, 0.15) is 35.3 Å². The number of piperidine rings is 1. The molecule has 1 unspecified atom stereocenters. The lowest BCUT2D eigenvalue weighted by atomic mass is 9.62. The van der Waals surface area contributed by atoms with Gasteiger partial charge in [0.1, 0.15) is 21.1 Å². The van der Waals surface area contributed by atoms with E-state index in [1.54, 1.807) is 19.4 Å². The summed E-state index contributed by atoms with van der Waals surface area (Å²) in [5.74, 6) is 0.104. The highest BCUT2D eigenvalue weighted by atomic mass is 35.5. The molecule has 7 nitrogen and oxygen atoms in total. The number of halogens is 1. The maximum atomic E-state index is 11.6. The van der Waals surface area contributed by atoms with Crippen molar-refractivity contribution < 1.29 is 17.9 Å². The zero-order valence-corrected chi connectivity index (χ0v) is 17.4. The van der Waals surface area contributed by atoms with Crippen LogP contribution in [0, 0.1) is 11.8 Å². The summed E-state index contributed by atoms with van der Waals surface area (Å²) < 4.78 is 29.2. The molecule has 2 N–H and O–H groups in total. The maximum absolute atomic E-state index is 11.6. The first-order valence-corrected chi connectivity index (χ1v) is 11.0. The molecule has 0 radical (unpaired) electrons. The number of sulfone groups is 1. The fourth-order valence-corrected chi connectivity index (χ4v) is 5.32. The molecule has 1 aromatic rings. The van der Waals surface area contributed by atoms with Gasteiger partial charge < -0.3 is 15.4 Å². The van der Waals surface area contributed by atoms with Gasteiger partial charge in [-0.15, -0.1) is 12.4 Å².